The molecule has 0 aromatic heterocycles. The number of hydrogen-bond acceptors (Lipinski definition) is 4. The molecule has 0 radical (unpaired) electrons. The molecule has 1 unspecified atom stereocenters. The summed E-state index contributed by atoms with van der Waals surface area (Å²) in [6.07, 6.45) is 7.92. The first-order valence-corrected chi connectivity index (χ1v) is 30.2. The summed E-state index contributed by atoms with van der Waals surface area (Å²) >= 11 is 0. The number of anilines is 11. The summed E-state index contributed by atoms with van der Waals surface area (Å²) in [5.74, 6) is 0. The van der Waals surface area contributed by atoms with E-state index in [0.29, 0.717) is 0 Å². The predicted octanol–water partition coefficient (Wildman–Crippen LogP) is 23.3. The monoisotopic (exact) mass is 1130 g/mol. The number of nitrogens with zero attached hydrogens (tertiary/aromatic N) is 4. The van der Waals surface area contributed by atoms with Crippen LogP contribution in [0.2, 0.25) is 0 Å². The summed E-state index contributed by atoms with van der Waals surface area (Å²) in [6.45, 7) is 0. The van der Waals surface area contributed by atoms with Crippen molar-refractivity contribution < 1.29 is 0 Å². The van der Waals surface area contributed by atoms with Gasteiger partial charge in [-0.05, 0) is 196 Å². The van der Waals surface area contributed by atoms with E-state index in [0.717, 1.165) is 91.2 Å². The van der Waals surface area contributed by atoms with Gasteiger partial charge in [-0.3, -0.25) is 0 Å². The fourth-order valence-corrected chi connectivity index (χ4v) is 12.1. The van der Waals surface area contributed by atoms with Gasteiger partial charge in [-0.1, -0.05) is 237 Å². The zero-order chi connectivity index (χ0) is 58.9. The van der Waals surface area contributed by atoms with E-state index in [-0.39, 0.29) is 6.04 Å². The van der Waals surface area contributed by atoms with Crippen LogP contribution in [0.25, 0.3) is 50.1 Å². The molecule has 88 heavy (non-hydrogen) atoms. The average Bonchev–Trinajstić information content (AvgIpc) is 3.28. The second kappa shape index (κ2) is 25.4. The van der Waals surface area contributed by atoms with Crippen molar-refractivity contribution in [2.24, 2.45) is 0 Å². The summed E-state index contributed by atoms with van der Waals surface area (Å²) in [6, 6.07) is 126. The van der Waals surface area contributed by atoms with E-state index in [1.807, 2.05) is 0 Å². The Kier molecular flexibility index (Phi) is 15.7. The highest BCUT2D eigenvalue weighted by atomic mass is 15.2. The second-order valence-electron chi connectivity index (χ2n) is 22.1. The predicted molar refractivity (Wildman–Crippen MR) is 373 cm³/mol. The molecule has 0 N–H and O–H groups in total. The van der Waals surface area contributed by atoms with Crippen LogP contribution in [0, 0.1) is 0 Å². The fraction of sp³-hybridized carbons (Fsp3) is 0.0238. The van der Waals surface area contributed by atoms with E-state index < -0.39 is 0 Å². The van der Waals surface area contributed by atoms with Gasteiger partial charge >= 0.3 is 0 Å². The first kappa shape index (κ1) is 54.5. The molecule has 1 aliphatic rings. The lowest BCUT2D eigenvalue weighted by Crippen LogP contribution is -2.30. The van der Waals surface area contributed by atoms with Crippen molar-refractivity contribution in [3.63, 3.8) is 0 Å². The van der Waals surface area contributed by atoms with Crippen molar-refractivity contribution in [2.75, 3.05) is 19.6 Å². The third-order valence-electron chi connectivity index (χ3n) is 16.6. The Bertz CT molecular complexity index is 4420. The normalized spacial score (nSPS) is 12.6. The lowest BCUT2D eigenvalue weighted by molar-refractivity contribution is 0.787. The molecule has 14 rings (SSSR count). The molecule has 1 atom stereocenters. The summed E-state index contributed by atoms with van der Waals surface area (Å²) in [4.78, 5) is 9.44. The zero-order valence-corrected chi connectivity index (χ0v) is 48.8. The maximum atomic E-state index is 2.46. The molecule has 0 heterocycles. The second-order valence-corrected chi connectivity index (χ2v) is 22.1. The highest BCUT2D eigenvalue weighted by Crippen LogP contribution is 2.42. The van der Waals surface area contributed by atoms with E-state index in [9.17, 15) is 0 Å². The standard InChI is InChI=1S/C84H64N4/c1-7-19-63(20-8-1)65-31-47-77(48-32-65)85(73-23-11-3-12-24-73)79-51-35-67(36-52-79)69-39-55-81(56-40-69)87(75-27-15-5-16-28-75)83-59-43-71(44-60-83)72-45-61-84(62-46-72)88(76-29-17-6-18-30-76)82-57-41-70(42-58-82)68-37-53-80(54-38-68)86(74-25-13-4-14-26-74)78-49-33-66(34-50-78)64-21-9-2-10-22-64/h1-57,59-62,82H,58H2. The van der Waals surface area contributed by atoms with E-state index in [4.69, 9.17) is 0 Å². The SMILES string of the molecule is C1=CC(N(c2ccccc2)c2ccc(-c3ccc(N(c4ccccc4)c4ccc(-c5ccc(N(c6ccccc6)c6ccc(-c7ccccc7)cc6)cc5)cc4)cc3)cc2)CC=C1c1ccc(N(c2ccccc2)c2ccc(-c3ccccc3)cc2)cc1. The molecule has 13 aromatic carbocycles. The quantitative estimate of drug-likeness (QED) is 0.0901. The van der Waals surface area contributed by atoms with Crippen molar-refractivity contribution in [2.45, 2.75) is 12.5 Å². The van der Waals surface area contributed by atoms with Crippen LogP contribution in [0.3, 0.4) is 0 Å². The van der Waals surface area contributed by atoms with Crippen LogP contribution in [-0.2, 0) is 0 Å². The van der Waals surface area contributed by atoms with Crippen molar-refractivity contribution >= 4 is 68.1 Å². The molecule has 420 valence electrons. The van der Waals surface area contributed by atoms with Gasteiger partial charge in [0.2, 0.25) is 0 Å². The first-order valence-electron chi connectivity index (χ1n) is 30.2. The minimum Gasteiger partial charge on any atom is -0.334 e. The maximum absolute atomic E-state index is 2.46. The smallest absolute Gasteiger partial charge is 0.0560 e. The van der Waals surface area contributed by atoms with Gasteiger partial charge in [-0.25, -0.2) is 0 Å². The van der Waals surface area contributed by atoms with Crippen LogP contribution in [0.1, 0.15) is 12.0 Å². The molecule has 0 saturated carbocycles. The van der Waals surface area contributed by atoms with E-state index in [1.165, 1.54) is 33.4 Å². The van der Waals surface area contributed by atoms with E-state index >= 15 is 0 Å². The zero-order valence-electron chi connectivity index (χ0n) is 48.8. The molecule has 4 nitrogen and oxygen atoms in total. The number of para-hydroxylation sites is 4. The summed E-state index contributed by atoms with van der Waals surface area (Å²) in [5.41, 5.74) is 24.1. The Morgan fingerprint density at radius 2 is 0.398 bits per heavy atom. The Morgan fingerprint density at radius 1 is 0.193 bits per heavy atom. The molecule has 13 aromatic rings. The minimum absolute atomic E-state index is 0.132. The highest BCUT2D eigenvalue weighted by Gasteiger charge is 2.22. The van der Waals surface area contributed by atoms with Crippen molar-refractivity contribution in [1.82, 2.24) is 0 Å². The van der Waals surface area contributed by atoms with Crippen LogP contribution >= 0.6 is 0 Å². The van der Waals surface area contributed by atoms with Gasteiger partial charge in [0.15, 0.2) is 0 Å². The minimum atomic E-state index is 0.132. The molecular formula is C84H64N4. The Hall–Kier alpha value is -11.5. The van der Waals surface area contributed by atoms with Crippen molar-refractivity contribution in [3.8, 4) is 44.5 Å². The Morgan fingerprint density at radius 3 is 0.659 bits per heavy atom. The van der Waals surface area contributed by atoms with Crippen molar-refractivity contribution in [1.29, 1.82) is 0 Å². The third-order valence-corrected chi connectivity index (χ3v) is 16.6. The molecule has 0 saturated heterocycles. The number of benzene rings is 13. The summed E-state index contributed by atoms with van der Waals surface area (Å²) in [5, 5.41) is 0. The lowest BCUT2D eigenvalue weighted by atomic mass is 9.95. The first-order chi connectivity index (χ1) is 43.6. The van der Waals surface area contributed by atoms with Crippen molar-refractivity contribution in [3.05, 3.63) is 376 Å². The Balaban J connectivity index is 0.670. The molecule has 0 spiro atoms. The highest BCUT2D eigenvalue weighted by molar-refractivity contribution is 5.85. The van der Waals surface area contributed by atoms with Gasteiger partial charge in [-0.2, -0.15) is 0 Å². The lowest BCUT2D eigenvalue weighted by Gasteiger charge is -2.33. The van der Waals surface area contributed by atoms with Crippen LogP contribution < -0.4 is 19.6 Å². The number of hydrogen-bond donors (Lipinski definition) is 0. The molecule has 0 fully saturated rings. The molecule has 0 amide bonds. The molecule has 0 bridgehead atoms. The molecule has 1 aliphatic carbocycles. The van der Waals surface area contributed by atoms with Crippen LogP contribution in [0.4, 0.5) is 62.6 Å². The van der Waals surface area contributed by atoms with Crippen LogP contribution in [0.15, 0.2) is 370 Å². The third kappa shape index (κ3) is 11.8. The van der Waals surface area contributed by atoms with E-state index in [2.05, 4.69) is 390 Å². The van der Waals surface area contributed by atoms with Gasteiger partial charge < -0.3 is 19.6 Å². The fourth-order valence-electron chi connectivity index (χ4n) is 12.1. The van der Waals surface area contributed by atoms with Crippen LogP contribution in [-0.4, -0.2) is 6.04 Å². The van der Waals surface area contributed by atoms with Gasteiger partial charge in [0, 0.05) is 62.6 Å². The molecule has 0 aliphatic heterocycles. The van der Waals surface area contributed by atoms with E-state index in [1.54, 1.807) is 0 Å². The summed E-state index contributed by atoms with van der Waals surface area (Å²) < 4.78 is 0. The number of rotatable bonds is 17. The molecular weight excluding hydrogens is 1060 g/mol. The van der Waals surface area contributed by atoms with Crippen LogP contribution in [0.5, 0.6) is 0 Å². The molecule has 4 heteroatoms. The van der Waals surface area contributed by atoms with Gasteiger partial charge in [-0.15, -0.1) is 0 Å². The van der Waals surface area contributed by atoms with Gasteiger partial charge in [0.25, 0.3) is 0 Å². The topological polar surface area (TPSA) is 13.0 Å². The summed E-state index contributed by atoms with van der Waals surface area (Å²) in [7, 11) is 0. The largest absolute Gasteiger partial charge is 0.334 e. The average molecular weight is 1130 g/mol. The van der Waals surface area contributed by atoms with Gasteiger partial charge in [0.1, 0.15) is 0 Å². The van der Waals surface area contributed by atoms with Gasteiger partial charge in [0.05, 0.1) is 6.04 Å². The Labute approximate surface area is 517 Å². The number of allylic oxidation sites excluding steroid dienone is 2. The maximum Gasteiger partial charge on any atom is 0.0560 e.